The highest BCUT2D eigenvalue weighted by atomic mass is 16.3. The molecule has 54 valence electrons. The summed E-state index contributed by atoms with van der Waals surface area (Å²) < 4.78 is 0. The Kier molecular flexibility index (Phi) is 2.29. The van der Waals surface area contributed by atoms with E-state index >= 15 is 0 Å². The SMILES string of the molecule is N#CC=C(O)c1ccccc1. The van der Waals surface area contributed by atoms with Crippen molar-refractivity contribution >= 4 is 5.76 Å². The van der Waals surface area contributed by atoms with E-state index in [1.54, 1.807) is 30.3 Å². The lowest BCUT2D eigenvalue weighted by Gasteiger charge is -1.94. The fraction of sp³-hybridized carbons (Fsp3) is 0. The van der Waals surface area contributed by atoms with Crippen LogP contribution in [0.5, 0.6) is 0 Å². The van der Waals surface area contributed by atoms with Gasteiger partial charge in [0.15, 0.2) is 0 Å². The van der Waals surface area contributed by atoms with Gasteiger partial charge in [0, 0.05) is 5.56 Å². The molecule has 0 saturated carbocycles. The second-order valence-electron chi connectivity index (χ2n) is 2.02. The zero-order valence-electron chi connectivity index (χ0n) is 5.86. The van der Waals surface area contributed by atoms with E-state index in [-0.39, 0.29) is 5.76 Å². The van der Waals surface area contributed by atoms with E-state index in [2.05, 4.69) is 0 Å². The van der Waals surface area contributed by atoms with E-state index in [9.17, 15) is 0 Å². The molecule has 0 spiro atoms. The summed E-state index contributed by atoms with van der Waals surface area (Å²) in [6.07, 6.45) is 1.11. The molecule has 11 heavy (non-hydrogen) atoms. The number of hydrogen-bond donors (Lipinski definition) is 1. The van der Waals surface area contributed by atoms with Crippen LogP contribution in [-0.2, 0) is 0 Å². The molecule has 0 atom stereocenters. The number of aliphatic hydroxyl groups is 1. The summed E-state index contributed by atoms with van der Waals surface area (Å²) in [6, 6.07) is 10.7. The van der Waals surface area contributed by atoms with Gasteiger partial charge in [0.25, 0.3) is 0 Å². The molecule has 0 radical (unpaired) electrons. The summed E-state index contributed by atoms with van der Waals surface area (Å²) in [5.74, 6) is 0.00750. The smallest absolute Gasteiger partial charge is 0.133 e. The van der Waals surface area contributed by atoms with Gasteiger partial charge in [-0.25, -0.2) is 0 Å². The molecule has 1 N–H and O–H groups in total. The zero-order valence-corrected chi connectivity index (χ0v) is 5.86. The van der Waals surface area contributed by atoms with Gasteiger partial charge in [0.05, 0.1) is 12.1 Å². The summed E-state index contributed by atoms with van der Waals surface area (Å²) in [5.41, 5.74) is 0.661. The Balaban J connectivity index is 2.96. The monoisotopic (exact) mass is 145 g/mol. The normalized spacial score (nSPS) is 10.6. The highest BCUT2D eigenvalue weighted by molar-refractivity contribution is 5.60. The summed E-state index contributed by atoms with van der Waals surface area (Å²) in [4.78, 5) is 0. The third-order valence-electron chi connectivity index (χ3n) is 1.27. The Hall–Kier alpha value is -1.75. The van der Waals surface area contributed by atoms with Gasteiger partial charge in [-0.15, -0.1) is 0 Å². The van der Waals surface area contributed by atoms with Crippen LogP contribution in [0.3, 0.4) is 0 Å². The van der Waals surface area contributed by atoms with E-state index in [1.165, 1.54) is 0 Å². The minimum absolute atomic E-state index is 0.00750. The minimum atomic E-state index is 0.00750. The number of benzene rings is 1. The average molecular weight is 145 g/mol. The fourth-order valence-corrected chi connectivity index (χ4v) is 0.753. The van der Waals surface area contributed by atoms with Crippen LogP contribution in [-0.4, -0.2) is 5.11 Å². The third-order valence-corrected chi connectivity index (χ3v) is 1.27. The molecule has 0 bridgehead atoms. The molecular weight excluding hydrogens is 138 g/mol. The first kappa shape index (κ1) is 7.36. The molecule has 1 rings (SSSR count). The number of nitrogens with zero attached hydrogens (tertiary/aromatic N) is 1. The summed E-state index contributed by atoms with van der Waals surface area (Å²) in [5, 5.41) is 17.4. The topological polar surface area (TPSA) is 44.0 Å². The molecule has 0 heterocycles. The van der Waals surface area contributed by atoms with Gasteiger partial charge in [0.1, 0.15) is 5.76 Å². The maximum atomic E-state index is 9.16. The molecule has 0 aliphatic rings. The lowest BCUT2D eigenvalue weighted by atomic mass is 10.2. The molecule has 0 fully saturated rings. The van der Waals surface area contributed by atoms with Crippen molar-refractivity contribution in [1.82, 2.24) is 0 Å². The van der Waals surface area contributed by atoms with Crippen LogP contribution in [0, 0.1) is 11.3 Å². The number of nitriles is 1. The number of aliphatic hydroxyl groups excluding tert-OH is 1. The van der Waals surface area contributed by atoms with Crippen molar-refractivity contribution in [3.05, 3.63) is 42.0 Å². The molecule has 0 aliphatic carbocycles. The lowest BCUT2D eigenvalue weighted by molar-refractivity contribution is 0.512. The molecule has 0 unspecified atom stereocenters. The van der Waals surface area contributed by atoms with Crippen molar-refractivity contribution in [3.8, 4) is 6.07 Å². The van der Waals surface area contributed by atoms with Crippen molar-refractivity contribution in [2.24, 2.45) is 0 Å². The number of hydrogen-bond acceptors (Lipinski definition) is 2. The Morgan fingerprint density at radius 3 is 2.55 bits per heavy atom. The molecule has 2 nitrogen and oxygen atoms in total. The first-order valence-electron chi connectivity index (χ1n) is 3.19. The van der Waals surface area contributed by atoms with Crippen LogP contribution in [0.1, 0.15) is 5.56 Å². The van der Waals surface area contributed by atoms with Gasteiger partial charge in [-0.1, -0.05) is 30.3 Å². The average Bonchev–Trinajstić information content (AvgIpc) is 2.07. The van der Waals surface area contributed by atoms with Crippen molar-refractivity contribution in [2.45, 2.75) is 0 Å². The van der Waals surface area contributed by atoms with E-state index in [4.69, 9.17) is 10.4 Å². The first-order valence-corrected chi connectivity index (χ1v) is 3.19. The number of rotatable bonds is 1. The van der Waals surface area contributed by atoms with Gasteiger partial charge in [-0.05, 0) is 0 Å². The Morgan fingerprint density at radius 1 is 1.36 bits per heavy atom. The summed E-state index contributed by atoms with van der Waals surface area (Å²) >= 11 is 0. The largest absolute Gasteiger partial charge is 0.507 e. The Morgan fingerprint density at radius 2 is 2.00 bits per heavy atom. The van der Waals surface area contributed by atoms with Crippen molar-refractivity contribution in [1.29, 1.82) is 5.26 Å². The molecular formula is C9H7NO. The van der Waals surface area contributed by atoms with E-state index < -0.39 is 0 Å². The van der Waals surface area contributed by atoms with Gasteiger partial charge in [0.2, 0.25) is 0 Å². The van der Waals surface area contributed by atoms with Crippen LogP contribution in [0.2, 0.25) is 0 Å². The molecule has 1 aromatic rings. The zero-order chi connectivity index (χ0) is 8.10. The highest BCUT2D eigenvalue weighted by Crippen LogP contribution is 2.08. The molecule has 0 saturated heterocycles. The molecule has 0 aromatic heterocycles. The van der Waals surface area contributed by atoms with Crippen molar-refractivity contribution in [2.75, 3.05) is 0 Å². The fourth-order valence-electron chi connectivity index (χ4n) is 0.753. The molecule has 2 heteroatoms. The predicted octanol–water partition coefficient (Wildman–Crippen LogP) is 2.11. The van der Waals surface area contributed by atoms with Crippen LogP contribution in [0.15, 0.2) is 36.4 Å². The van der Waals surface area contributed by atoms with Gasteiger partial charge < -0.3 is 5.11 Å². The number of allylic oxidation sites excluding steroid dienone is 1. The van der Waals surface area contributed by atoms with E-state index in [0.29, 0.717) is 5.56 Å². The van der Waals surface area contributed by atoms with Gasteiger partial charge >= 0.3 is 0 Å². The van der Waals surface area contributed by atoms with Crippen LogP contribution >= 0.6 is 0 Å². The Bertz CT molecular complexity index is 295. The van der Waals surface area contributed by atoms with Crippen LogP contribution < -0.4 is 0 Å². The van der Waals surface area contributed by atoms with Crippen molar-refractivity contribution < 1.29 is 5.11 Å². The van der Waals surface area contributed by atoms with E-state index in [0.717, 1.165) is 6.08 Å². The standard InChI is InChI=1S/C9H7NO/c10-7-6-9(11)8-4-2-1-3-5-8/h1-6,11H. The first-order chi connectivity index (χ1) is 5.34. The second kappa shape index (κ2) is 3.43. The van der Waals surface area contributed by atoms with Crippen molar-refractivity contribution in [3.63, 3.8) is 0 Å². The molecule has 1 aromatic carbocycles. The third kappa shape index (κ3) is 1.84. The maximum Gasteiger partial charge on any atom is 0.133 e. The minimum Gasteiger partial charge on any atom is -0.507 e. The Labute approximate surface area is 65.0 Å². The van der Waals surface area contributed by atoms with E-state index in [1.807, 2.05) is 6.07 Å². The van der Waals surface area contributed by atoms with Crippen LogP contribution in [0.25, 0.3) is 5.76 Å². The highest BCUT2D eigenvalue weighted by Gasteiger charge is 1.93. The molecule has 0 aliphatic heterocycles. The van der Waals surface area contributed by atoms with Gasteiger partial charge in [-0.2, -0.15) is 5.26 Å². The quantitative estimate of drug-likeness (QED) is 0.485. The molecule has 0 amide bonds. The summed E-state index contributed by atoms with van der Waals surface area (Å²) in [7, 11) is 0. The van der Waals surface area contributed by atoms with Crippen LogP contribution in [0.4, 0.5) is 0 Å². The second-order valence-corrected chi connectivity index (χ2v) is 2.02. The lowest BCUT2D eigenvalue weighted by Crippen LogP contribution is -1.79. The predicted molar refractivity (Wildman–Crippen MR) is 42.7 cm³/mol. The van der Waals surface area contributed by atoms with Gasteiger partial charge in [-0.3, -0.25) is 0 Å². The maximum absolute atomic E-state index is 9.16. The summed E-state index contributed by atoms with van der Waals surface area (Å²) in [6.45, 7) is 0.